The number of nitrogens with one attached hydrogen (secondary N) is 1. The van der Waals surface area contributed by atoms with Crippen LogP contribution in [0.3, 0.4) is 0 Å². The van der Waals surface area contributed by atoms with Crippen LogP contribution in [-0.2, 0) is 4.74 Å². The Labute approximate surface area is 148 Å². The van der Waals surface area contributed by atoms with Gasteiger partial charge < -0.3 is 24.4 Å². The lowest BCUT2D eigenvalue weighted by Crippen LogP contribution is -2.46. The first kappa shape index (κ1) is 18.9. The normalized spacial score (nSPS) is 15.0. The van der Waals surface area contributed by atoms with Crippen molar-refractivity contribution in [3.63, 3.8) is 0 Å². The summed E-state index contributed by atoms with van der Waals surface area (Å²) in [6, 6.07) is 5.18. The van der Waals surface area contributed by atoms with Gasteiger partial charge in [-0.25, -0.2) is 4.79 Å². The van der Waals surface area contributed by atoms with Gasteiger partial charge in [0.05, 0.1) is 20.3 Å². The van der Waals surface area contributed by atoms with E-state index in [4.69, 9.17) is 14.2 Å². The van der Waals surface area contributed by atoms with Gasteiger partial charge in [0.2, 0.25) is 0 Å². The molecule has 1 aliphatic heterocycles. The first-order chi connectivity index (χ1) is 11.9. The summed E-state index contributed by atoms with van der Waals surface area (Å²) in [6.45, 7) is 5.01. The van der Waals surface area contributed by atoms with Crippen LogP contribution >= 0.6 is 0 Å². The maximum atomic E-state index is 12.5. The molecule has 2 rings (SSSR count). The van der Waals surface area contributed by atoms with Crippen LogP contribution in [0.2, 0.25) is 0 Å². The SMILES string of the molecule is COC(=O)N1CCC(NC(=O)c2ccc(OC(C)C)c(OC)c2)CC1. The van der Waals surface area contributed by atoms with E-state index in [9.17, 15) is 9.59 Å². The zero-order valence-corrected chi connectivity index (χ0v) is 15.2. The van der Waals surface area contributed by atoms with Gasteiger partial charge in [0.1, 0.15) is 0 Å². The molecule has 1 N–H and O–H groups in total. The summed E-state index contributed by atoms with van der Waals surface area (Å²) in [6.07, 6.45) is 1.10. The number of likely N-dealkylation sites (tertiary alicyclic amines) is 1. The highest BCUT2D eigenvalue weighted by Gasteiger charge is 2.24. The van der Waals surface area contributed by atoms with Gasteiger partial charge in [0.15, 0.2) is 11.5 Å². The Hall–Kier alpha value is -2.44. The second kappa shape index (κ2) is 8.60. The average Bonchev–Trinajstić information content (AvgIpc) is 2.61. The quantitative estimate of drug-likeness (QED) is 0.883. The molecule has 1 saturated heterocycles. The lowest BCUT2D eigenvalue weighted by molar-refractivity contribution is 0.0892. The zero-order valence-electron chi connectivity index (χ0n) is 15.2. The molecule has 0 spiro atoms. The minimum atomic E-state index is -0.324. The van der Waals surface area contributed by atoms with Crippen LogP contribution in [0.15, 0.2) is 18.2 Å². The Morgan fingerprint density at radius 2 is 1.84 bits per heavy atom. The fourth-order valence-electron chi connectivity index (χ4n) is 2.76. The molecule has 138 valence electrons. The molecule has 2 amide bonds. The monoisotopic (exact) mass is 350 g/mol. The van der Waals surface area contributed by atoms with Gasteiger partial charge in [-0.2, -0.15) is 0 Å². The molecule has 0 saturated carbocycles. The summed E-state index contributed by atoms with van der Waals surface area (Å²) < 4.78 is 15.7. The lowest BCUT2D eigenvalue weighted by Gasteiger charge is -2.31. The number of carbonyl (C=O) groups excluding carboxylic acids is 2. The molecular formula is C18H26N2O5. The highest BCUT2D eigenvalue weighted by atomic mass is 16.5. The van der Waals surface area contributed by atoms with Crippen molar-refractivity contribution in [1.29, 1.82) is 0 Å². The standard InChI is InChI=1S/C18H26N2O5/c1-12(2)25-15-6-5-13(11-16(15)23-3)17(21)19-14-7-9-20(10-8-14)18(22)24-4/h5-6,11-12,14H,7-10H2,1-4H3,(H,19,21). The molecule has 0 aliphatic carbocycles. The van der Waals surface area contributed by atoms with Gasteiger partial charge in [-0.05, 0) is 44.9 Å². The number of rotatable bonds is 5. The fraction of sp³-hybridized carbons (Fsp3) is 0.556. The molecular weight excluding hydrogens is 324 g/mol. The van der Waals surface area contributed by atoms with E-state index in [0.29, 0.717) is 43.0 Å². The predicted octanol–water partition coefficient (Wildman–Crippen LogP) is 2.44. The van der Waals surface area contributed by atoms with Crippen molar-refractivity contribution in [2.24, 2.45) is 0 Å². The molecule has 1 aromatic carbocycles. The maximum absolute atomic E-state index is 12.5. The third-order valence-electron chi connectivity index (χ3n) is 4.05. The summed E-state index contributed by atoms with van der Waals surface area (Å²) in [7, 11) is 2.92. The van der Waals surface area contributed by atoms with E-state index in [1.807, 2.05) is 13.8 Å². The molecule has 7 nitrogen and oxygen atoms in total. The van der Waals surface area contributed by atoms with Gasteiger partial charge in [-0.1, -0.05) is 0 Å². The van der Waals surface area contributed by atoms with E-state index in [1.54, 1.807) is 30.2 Å². The van der Waals surface area contributed by atoms with Crippen LogP contribution < -0.4 is 14.8 Å². The van der Waals surface area contributed by atoms with E-state index in [-0.39, 0.29) is 24.1 Å². The minimum absolute atomic E-state index is 0.0218. The van der Waals surface area contributed by atoms with Crippen molar-refractivity contribution in [1.82, 2.24) is 10.2 Å². The molecule has 7 heteroatoms. The predicted molar refractivity (Wildman–Crippen MR) is 93.2 cm³/mol. The van der Waals surface area contributed by atoms with Crippen LogP contribution in [0.1, 0.15) is 37.0 Å². The summed E-state index contributed by atoms with van der Waals surface area (Å²) in [5.41, 5.74) is 0.517. The number of amides is 2. The van der Waals surface area contributed by atoms with Crippen LogP contribution in [0.5, 0.6) is 11.5 Å². The van der Waals surface area contributed by atoms with Crippen molar-refractivity contribution in [3.05, 3.63) is 23.8 Å². The van der Waals surface area contributed by atoms with E-state index < -0.39 is 0 Å². The van der Waals surface area contributed by atoms with E-state index in [1.165, 1.54) is 7.11 Å². The van der Waals surface area contributed by atoms with E-state index in [2.05, 4.69) is 5.32 Å². The highest BCUT2D eigenvalue weighted by molar-refractivity contribution is 5.95. The van der Waals surface area contributed by atoms with Crippen molar-refractivity contribution in [2.75, 3.05) is 27.3 Å². The summed E-state index contributed by atoms with van der Waals surface area (Å²) in [4.78, 5) is 25.6. The molecule has 0 bridgehead atoms. The highest BCUT2D eigenvalue weighted by Crippen LogP contribution is 2.29. The second-order valence-electron chi connectivity index (χ2n) is 6.24. The molecule has 1 aliphatic rings. The Bertz CT molecular complexity index is 609. The number of carbonyl (C=O) groups is 2. The molecule has 1 aromatic rings. The Balaban J connectivity index is 1.96. The molecule has 0 atom stereocenters. The average molecular weight is 350 g/mol. The molecule has 0 unspecified atom stereocenters. The van der Waals surface area contributed by atoms with Gasteiger partial charge >= 0.3 is 6.09 Å². The third kappa shape index (κ3) is 5.01. The van der Waals surface area contributed by atoms with Gasteiger partial charge in [0, 0.05) is 24.7 Å². The molecule has 25 heavy (non-hydrogen) atoms. The Kier molecular flexibility index (Phi) is 6.50. The van der Waals surface area contributed by atoms with Crippen LogP contribution in [0, 0.1) is 0 Å². The Morgan fingerprint density at radius 3 is 2.40 bits per heavy atom. The van der Waals surface area contributed by atoms with Gasteiger partial charge in [0.25, 0.3) is 5.91 Å². The van der Waals surface area contributed by atoms with E-state index in [0.717, 1.165) is 0 Å². The van der Waals surface area contributed by atoms with Crippen LogP contribution in [-0.4, -0.2) is 56.4 Å². The van der Waals surface area contributed by atoms with Crippen molar-refractivity contribution in [3.8, 4) is 11.5 Å². The first-order valence-corrected chi connectivity index (χ1v) is 8.43. The molecule has 0 radical (unpaired) electrons. The topological polar surface area (TPSA) is 77.1 Å². The second-order valence-corrected chi connectivity index (χ2v) is 6.24. The largest absolute Gasteiger partial charge is 0.493 e. The Morgan fingerprint density at radius 1 is 1.16 bits per heavy atom. The van der Waals surface area contributed by atoms with Crippen LogP contribution in [0.4, 0.5) is 4.79 Å². The van der Waals surface area contributed by atoms with Gasteiger partial charge in [-0.15, -0.1) is 0 Å². The van der Waals surface area contributed by atoms with Crippen LogP contribution in [0.25, 0.3) is 0 Å². The van der Waals surface area contributed by atoms with Crippen molar-refractivity contribution < 1.29 is 23.8 Å². The lowest BCUT2D eigenvalue weighted by atomic mass is 10.0. The maximum Gasteiger partial charge on any atom is 0.409 e. The number of benzene rings is 1. The number of ether oxygens (including phenoxy) is 3. The summed E-state index contributed by atoms with van der Waals surface area (Å²) in [5, 5.41) is 3.01. The first-order valence-electron chi connectivity index (χ1n) is 8.43. The van der Waals surface area contributed by atoms with Crippen molar-refractivity contribution in [2.45, 2.75) is 38.8 Å². The molecule has 1 heterocycles. The smallest absolute Gasteiger partial charge is 0.409 e. The fourth-order valence-corrected chi connectivity index (χ4v) is 2.76. The summed E-state index contributed by atoms with van der Waals surface area (Å²) >= 11 is 0. The van der Waals surface area contributed by atoms with Gasteiger partial charge in [-0.3, -0.25) is 4.79 Å². The van der Waals surface area contributed by atoms with Crippen molar-refractivity contribution >= 4 is 12.0 Å². The van der Waals surface area contributed by atoms with E-state index >= 15 is 0 Å². The number of piperidine rings is 1. The number of hydrogen-bond acceptors (Lipinski definition) is 5. The number of nitrogens with zero attached hydrogens (tertiary/aromatic N) is 1. The number of hydrogen-bond donors (Lipinski definition) is 1. The summed E-state index contributed by atoms with van der Waals surface area (Å²) in [5.74, 6) is 0.980. The molecule has 0 aromatic heterocycles. The minimum Gasteiger partial charge on any atom is -0.493 e. The number of methoxy groups -OCH3 is 2. The third-order valence-corrected chi connectivity index (χ3v) is 4.05. The molecule has 1 fully saturated rings. The zero-order chi connectivity index (χ0) is 18.4.